The molecule has 0 N–H and O–H groups in total. The summed E-state index contributed by atoms with van der Waals surface area (Å²) in [6.07, 6.45) is 7.30. The number of ether oxygens (including phenoxy) is 1. The topological polar surface area (TPSA) is 12.5 Å². The lowest BCUT2D eigenvalue weighted by molar-refractivity contribution is 0.300. The minimum atomic E-state index is -0.225. The molecular formula is C23H31BrFNO. The molecule has 0 spiro atoms. The Labute approximate surface area is 171 Å². The van der Waals surface area contributed by atoms with Gasteiger partial charge in [0, 0.05) is 16.1 Å². The van der Waals surface area contributed by atoms with Gasteiger partial charge in [-0.15, -0.1) is 0 Å². The van der Waals surface area contributed by atoms with Crippen molar-refractivity contribution in [3.8, 4) is 5.75 Å². The van der Waals surface area contributed by atoms with E-state index in [0.717, 1.165) is 16.5 Å². The van der Waals surface area contributed by atoms with Gasteiger partial charge in [0.25, 0.3) is 0 Å². The third-order valence-corrected chi connectivity index (χ3v) is 5.26. The monoisotopic (exact) mass is 435 g/mol. The molecule has 0 saturated carbocycles. The van der Waals surface area contributed by atoms with Crippen LogP contribution in [0.2, 0.25) is 0 Å². The number of hydrogen-bond donors (Lipinski definition) is 0. The van der Waals surface area contributed by atoms with Crippen LogP contribution in [-0.2, 0) is 0 Å². The second-order valence-corrected chi connectivity index (χ2v) is 8.13. The van der Waals surface area contributed by atoms with Crippen molar-refractivity contribution in [2.75, 3.05) is 20.7 Å². The summed E-state index contributed by atoms with van der Waals surface area (Å²) < 4.78 is 21.6. The van der Waals surface area contributed by atoms with E-state index in [1.165, 1.54) is 38.2 Å². The smallest absolute Gasteiger partial charge is 0.132 e. The van der Waals surface area contributed by atoms with Crippen molar-refractivity contribution in [2.24, 2.45) is 0 Å². The Morgan fingerprint density at radius 3 is 2.26 bits per heavy atom. The van der Waals surface area contributed by atoms with Crippen molar-refractivity contribution < 1.29 is 9.13 Å². The highest BCUT2D eigenvalue weighted by atomic mass is 79.9. The number of unbranched alkanes of at least 4 members (excludes halogenated alkanes) is 5. The van der Waals surface area contributed by atoms with Gasteiger partial charge in [0.15, 0.2) is 0 Å². The summed E-state index contributed by atoms with van der Waals surface area (Å²) in [5.74, 6) is 0.384. The van der Waals surface area contributed by atoms with Crippen molar-refractivity contribution in [1.29, 1.82) is 0 Å². The molecule has 148 valence electrons. The van der Waals surface area contributed by atoms with E-state index < -0.39 is 0 Å². The molecule has 0 aliphatic rings. The lowest BCUT2D eigenvalue weighted by Gasteiger charge is -2.26. The molecule has 0 heterocycles. The molecule has 2 aromatic rings. The summed E-state index contributed by atoms with van der Waals surface area (Å²) in [4.78, 5) is 2.03. The second-order valence-electron chi connectivity index (χ2n) is 7.22. The van der Waals surface area contributed by atoms with Gasteiger partial charge >= 0.3 is 0 Å². The highest BCUT2D eigenvalue weighted by molar-refractivity contribution is 9.10. The Kier molecular flexibility index (Phi) is 9.29. The quantitative estimate of drug-likeness (QED) is 0.353. The lowest BCUT2D eigenvalue weighted by atomic mass is 9.97. The van der Waals surface area contributed by atoms with Gasteiger partial charge in [0.2, 0.25) is 0 Å². The molecule has 2 nitrogen and oxygen atoms in total. The number of nitrogens with zero attached hydrogens (tertiary/aromatic N) is 1. The van der Waals surface area contributed by atoms with Crippen LogP contribution in [0.3, 0.4) is 0 Å². The predicted molar refractivity (Wildman–Crippen MR) is 115 cm³/mol. The third kappa shape index (κ3) is 6.93. The molecule has 1 atom stereocenters. The molecule has 0 aliphatic heterocycles. The molecule has 0 bridgehead atoms. The predicted octanol–water partition coefficient (Wildman–Crippen LogP) is 6.98. The SMILES string of the molecule is CCCCCCCCOc1ccc(C(c2ccc(Br)cc2)N(C)C)c(F)c1. The van der Waals surface area contributed by atoms with Gasteiger partial charge in [-0.3, -0.25) is 4.90 Å². The van der Waals surface area contributed by atoms with Crippen LogP contribution in [0.1, 0.15) is 62.6 Å². The minimum Gasteiger partial charge on any atom is -0.493 e. The molecular weight excluding hydrogens is 405 g/mol. The molecule has 4 heteroatoms. The van der Waals surface area contributed by atoms with Crippen LogP contribution in [0.5, 0.6) is 5.75 Å². The van der Waals surface area contributed by atoms with Gasteiger partial charge in [-0.05, 0) is 44.3 Å². The zero-order chi connectivity index (χ0) is 19.6. The van der Waals surface area contributed by atoms with Gasteiger partial charge in [-0.1, -0.05) is 73.2 Å². The van der Waals surface area contributed by atoms with Crippen molar-refractivity contribution in [3.63, 3.8) is 0 Å². The first kappa shape index (κ1) is 21.9. The number of halogens is 2. The molecule has 27 heavy (non-hydrogen) atoms. The third-order valence-electron chi connectivity index (χ3n) is 4.74. The van der Waals surface area contributed by atoms with E-state index in [1.807, 2.05) is 55.4 Å². The first-order chi connectivity index (χ1) is 13.0. The summed E-state index contributed by atoms with van der Waals surface area (Å²) in [6.45, 7) is 2.87. The van der Waals surface area contributed by atoms with Crippen LogP contribution < -0.4 is 4.74 Å². The maximum Gasteiger partial charge on any atom is 0.132 e. The molecule has 0 aliphatic carbocycles. The van der Waals surface area contributed by atoms with Gasteiger partial charge < -0.3 is 4.74 Å². The first-order valence-corrected chi connectivity index (χ1v) is 10.7. The maximum atomic E-state index is 14.8. The van der Waals surface area contributed by atoms with E-state index in [9.17, 15) is 4.39 Å². The van der Waals surface area contributed by atoms with E-state index in [0.29, 0.717) is 17.9 Å². The number of benzene rings is 2. The van der Waals surface area contributed by atoms with Gasteiger partial charge in [0.05, 0.1) is 12.6 Å². The van der Waals surface area contributed by atoms with E-state index in [-0.39, 0.29) is 11.9 Å². The number of hydrogen-bond acceptors (Lipinski definition) is 2. The van der Waals surface area contributed by atoms with Crippen LogP contribution in [-0.4, -0.2) is 25.6 Å². The van der Waals surface area contributed by atoms with Gasteiger partial charge in [-0.2, -0.15) is 0 Å². The Balaban J connectivity index is 1.98. The summed E-state index contributed by atoms with van der Waals surface area (Å²) in [7, 11) is 3.93. The van der Waals surface area contributed by atoms with Crippen LogP contribution in [0.15, 0.2) is 46.9 Å². The summed E-state index contributed by atoms with van der Waals surface area (Å²) in [5, 5.41) is 0. The fourth-order valence-corrected chi connectivity index (χ4v) is 3.56. The van der Waals surface area contributed by atoms with Crippen molar-refractivity contribution in [2.45, 2.75) is 51.5 Å². The van der Waals surface area contributed by atoms with Gasteiger partial charge in [-0.25, -0.2) is 4.39 Å². The fourth-order valence-electron chi connectivity index (χ4n) is 3.29. The Bertz CT molecular complexity index is 687. The van der Waals surface area contributed by atoms with Crippen molar-refractivity contribution in [1.82, 2.24) is 4.90 Å². The first-order valence-electron chi connectivity index (χ1n) is 9.87. The van der Waals surface area contributed by atoms with Gasteiger partial charge in [0.1, 0.15) is 11.6 Å². The van der Waals surface area contributed by atoms with Crippen LogP contribution in [0, 0.1) is 5.82 Å². The largest absolute Gasteiger partial charge is 0.493 e. The Hall–Kier alpha value is -1.39. The minimum absolute atomic E-state index is 0.134. The van der Waals surface area contributed by atoms with Crippen LogP contribution >= 0.6 is 15.9 Å². The molecule has 0 saturated heterocycles. The highest BCUT2D eigenvalue weighted by Gasteiger charge is 2.20. The average Bonchev–Trinajstić information content (AvgIpc) is 2.64. The molecule has 0 amide bonds. The highest BCUT2D eigenvalue weighted by Crippen LogP contribution is 2.31. The normalized spacial score (nSPS) is 12.4. The second kappa shape index (κ2) is 11.5. The van der Waals surface area contributed by atoms with E-state index in [4.69, 9.17) is 4.74 Å². The summed E-state index contributed by atoms with van der Waals surface area (Å²) in [6, 6.07) is 13.1. The van der Waals surface area contributed by atoms with E-state index >= 15 is 0 Å². The summed E-state index contributed by atoms with van der Waals surface area (Å²) >= 11 is 3.45. The summed E-state index contributed by atoms with van der Waals surface area (Å²) in [5.41, 5.74) is 1.72. The molecule has 0 aromatic heterocycles. The zero-order valence-electron chi connectivity index (χ0n) is 16.7. The van der Waals surface area contributed by atoms with Crippen molar-refractivity contribution in [3.05, 3.63) is 63.9 Å². The Morgan fingerprint density at radius 1 is 0.963 bits per heavy atom. The lowest BCUT2D eigenvalue weighted by Crippen LogP contribution is -2.22. The molecule has 0 radical (unpaired) electrons. The molecule has 1 unspecified atom stereocenters. The van der Waals surface area contributed by atoms with Crippen LogP contribution in [0.4, 0.5) is 4.39 Å². The average molecular weight is 436 g/mol. The van der Waals surface area contributed by atoms with E-state index in [2.05, 4.69) is 22.9 Å². The molecule has 0 fully saturated rings. The van der Waals surface area contributed by atoms with E-state index in [1.54, 1.807) is 0 Å². The fraction of sp³-hybridized carbons (Fsp3) is 0.478. The zero-order valence-corrected chi connectivity index (χ0v) is 18.3. The van der Waals surface area contributed by atoms with Crippen molar-refractivity contribution >= 4 is 15.9 Å². The standard InChI is InChI=1S/C23H31BrFNO/c1-4-5-6-7-8-9-16-27-20-14-15-21(22(25)17-20)23(26(2)3)18-10-12-19(24)13-11-18/h10-15,17,23H,4-9,16H2,1-3H3. The molecule has 2 aromatic carbocycles. The molecule has 2 rings (SSSR count). The number of rotatable bonds is 11. The maximum absolute atomic E-state index is 14.8. The Morgan fingerprint density at radius 2 is 1.63 bits per heavy atom. The van der Waals surface area contributed by atoms with Crippen LogP contribution in [0.25, 0.3) is 0 Å².